The van der Waals surface area contributed by atoms with Crippen LogP contribution in [0.15, 0.2) is 0 Å². The first kappa shape index (κ1) is 9.88. The molecule has 0 bridgehead atoms. The first-order valence-corrected chi connectivity index (χ1v) is 3.60. The molecule has 0 rings (SSSR count). The smallest absolute Gasteiger partial charge is 0.0612 e. The van der Waals surface area contributed by atoms with E-state index in [1.807, 2.05) is 6.92 Å². The lowest BCUT2D eigenvalue weighted by Crippen LogP contribution is -2.32. The van der Waals surface area contributed by atoms with Crippen LogP contribution in [0.5, 0.6) is 0 Å². The van der Waals surface area contributed by atoms with E-state index in [4.69, 9.17) is 15.3 Å². The van der Waals surface area contributed by atoms with Crippen molar-refractivity contribution < 1.29 is 15.3 Å². The fourth-order valence-electron chi connectivity index (χ4n) is 0.898. The second-order valence-corrected chi connectivity index (χ2v) is 2.56. The summed E-state index contributed by atoms with van der Waals surface area (Å²) >= 11 is 0. The molecule has 0 heterocycles. The molecule has 10 heavy (non-hydrogen) atoms. The van der Waals surface area contributed by atoms with Crippen molar-refractivity contribution in [1.82, 2.24) is 0 Å². The van der Waals surface area contributed by atoms with Crippen molar-refractivity contribution in [2.24, 2.45) is 5.92 Å². The maximum Gasteiger partial charge on any atom is 0.0612 e. The zero-order chi connectivity index (χ0) is 8.15. The van der Waals surface area contributed by atoms with Crippen LogP contribution in [0.3, 0.4) is 0 Å². The number of rotatable bonds is 4. The first-order chi connectivity index (χ1) is 4.63. The average molecular weight is 148 g/mol. The molecule has 0 aliphatic carbocycles. The van der Waals surface area contributed by atoms with E-state index >= 15 is 0 Å². The standard InChI is InChI=1S/C7H16O3/c1-3-7(10)6(4-8)5(2)9/h5-10H,3-4H2,1-2H3. The normalized spacial score (nSPS) is 20.1. The Hall–Kier alpha value is -0.120. The summed E-state index contributed by atoms with van der Waals surface area (Å²) in [5, 5.41) is 26.8. The Morgan fingerprint density at radius 3 is 1.90 bits per heavy atom. The van der Waals surface area contributed by atoms with E-state index in [1.54, 1.807) is 6.92 Å². The Kier molecular flexibility index (Phi) is 4.60. The van der Waals surface area contributed by atoms with Crippen LogP contribution in [-0.4, -0.2) is 34.1 Å². The topological polar surface area (TPSA) is 60.7 Å². The van der Waals surface area contributed by atoms with E-state index in [2.05, 4.69) is 0 Å². The molecule has 0 aromatic rings. The summed E-state index contributed by atoms with van der Waals surface area (Å²) < 4.78 is 0. The van der Waals surface area contributed by atoms with Crippen molar-refractivity contribution in [3.63, 3.8) is 0 Å². The van der Waals surface area contributed by atoms with E-state index in [0.29, 0.717) is 6.42 Å². The Morgan fingerprint density at radius 1 is 1.30 bits per heavy atom. The van der Waals surface area contributed by atoms with Crippen molar-refractivity contribution in [3.05, 3.63) is 0 Å². The molecular formula is C7H16O3. The molecule has 3 N–H and O–H groups in total. The molecule has 0 radical (unpaired) electrons. The highest BCUT2D eigenvalue weighted by Gasteiger charge is 2.21. The molecule has 3 nitrogen and oxygen atoms in total. The van der Waals surface area contributed by atoms with Crippen LogP contribution in [0.25, 0.3) is 0 Å². The Morgan fingerprint density at radius 2 is 1.80 bits per heavy atom. The third-order valence-corrected chi connectivity index (χ3v) is 1.74. The minimum Gasteiger partial charge on any atom is -0.396 e. The minimum atomic E-state index is -0.639. The van der Waals surface area contributed by atoms with Gasteiger partial charge in [0.2, 0.25) is 0 Å². The lowest BCUT2D eigenvalue weighted by molar-refractivity contribution is -0.00952. The van der Waals surface area contributed by atoms with Crippen molar-refractivity contribution >= 4 is 0 Å². The molecule has 3 heteroatoms. The van der Waals surface area contributed by atoms with E-state index in [-0.39, 0.29) is 6.61 Å². The average Bonchev–Trinajstić information content (AvgIpc) is 1.88. The summed E-state index contributed by atoms with van der Waals surface area (Å²) in [5.74, 6) is -0.398. The van der Waals surface area contributed by atoms with Crippen LogP contribution < -0.4 is 0 Å². The second-order valence-electron chi connectivity index (χ2n) is 2.56. The van der Waals surface area contributed by atoms with Crippen molar-refractivity contribution in [3.8, 4) is 0 Å². The van der Waals surface area contributed by atoms with Crippen LogP contribution in [0.2, 0.25) is 0 Å². The molecule has 0 aliphatic rings. The molecule has 0 fully saturated rings. The molecule has 62 valence electrons. The summed E-state index contributed by atoms with van der Waals surface area (Å²) in [6.45, 7) is 3.22. The molecule has 0 aromatic carbocycles. The quantitative estimate of drug-likeness (QED) is 0.515. The molecule has 3 atom stereocenters. The van der Waals surface area contributed by atoms with E-state index in [1.165, 1.54) is 0 Å². The second kappa shape index (κ2) is 4.66. The van der Waals surface area contributed by atoms with Crippen LogP contribution in [0.4, 0.5) is 0 Å². The zero-order valence-corrected chi connectivity index (χ0v) is 6.49. The van der Waals surface area contributed by atoms with Crippen LogP contribution >= 0.6 is 0 Å². The zero-order valence-electron chi connectivity index (χ0n) is 6.49. The van der Waals surface area contributed by atoms with Gasteiger partial charge in [0, 0.05) is 5.92 Å². The predicted molar refractivity (Wildman–Crippen MR) is 38.6 cm³/mol. The van der Waals surface area contributed by atoms with Crippen LogP contribution in [-0.2, 0) is 0 Å². The van der Waals surface area contributed by atoms with Gasteiger partial charge >= 0.3 is 0 Å². The van der Waals surface area contributed by atoms with Crippen LogP contribution in [0, 0.1) is 5.92 Å². The molecule has 0 saturated carbocycles. The SMILES string of the molecule is CCC(O)C(CO)C(C)O. The van der Waals surface area contributed by atoms with Gasteiger partial charge in [0.05, 0.1) is 18.8 Å². The predicted octanol–water partition coefficient (Wildman–Crippen LogP) is -0.253. The monoisotopic (exact) mass is 148 g/mol. The number of aliphatic hydroxyl groups is 3. The van der Waals surface area contributed by atoms with Gasteiger partial charge < -0.3 is 15.3 Å². The number of aliphatic hydroxyl groups excluding tert-OH is 3. The molecule has 0 saturated heterocycles. The highest BCUT2D eigenvalue weighted by molar-refractivity contribution is 4.70. The fourth-order valence-corrected chi connectivity index (χ4v) is 0.898. The highest BCUT2D eigenvalue weighted by atomic mass is 16.3. The Labute approximate surface area is 61.3 Å². The van der Waals surface area contributed by atoms with Gasteiger partial charge in [-0.25, -0.2) is 0 Å². The summed E-state index contributed by atoms with van der Waals surface area (Å²) in [7, 11) is 0. The lowest BCUT2D eigenvalue weighted by Gasteiger charge is -2.21. The van der Waals surface area contributed by atoms with Crippen molar-refractivity contribution in [2.75, 3.05) is 6.61 Å². The maximum absolute atomic E-state index is 9.17. The summed E-state index contributed by atoms with van der Waals surface area (Å²) in [5.41, 5.74) is 0. The summed E-state index contributed by atoms with van der Waals surface area (Å²) in [6, 6.07) is 0. The summed E-state index contributed by atoms with van der Waals surface area (Å²) in [6.07, 6.45) is -0.666. The summed E-state index contributed by atoms with van der Waals surface area (Å²) in [4.78, 5) is 0. The number of hydrogen-bond donors (Lipinski definition) is 3. The highest BCUT2D eigenvalue weighted by Crippen LogP contribution is 2.10. The maximum atomic E-state index is 9.17. The molecule has 0 aromatic heterocycles. The van der Waals surface area contributed by atoms with Gasteiger partial charge in [0.25, 0.3) is 0 Å². The Balaban J connectivity index is 3.80. The van der Waals surface area contributed by atoms with E-state index in [9.17, 15) is 0 Å². The lowest BCUT2D eigenvalue weighted by atomic mass is 9.96. The molecular weight excluding hydrogens is 132 g/mol. The molecule has 0 amide bonds. The van der Waals surface area contributed by atoms with Gasteiger partial charge in [0.15, 0.2) is 0 Å². The van der Waals surface area contributed by atoms with Gasteiger partial charge in [-0.2, -0.15) is 0 Å². The molecule has 0 spiro atoms. The third kappa shape index (κ3) is 2.64. The van der Waals surface area contributed by atoms with E-state index in [0.717, 1.165) is 0 Å². The van der Waals surface area contributed by atoms with Gasteiger partial charge in [0.1, 0.15) is 0 Å². The van der Waals surface area contributed by atoms with Crippen molar-refractivity contribution in [1.29, 1.82) is 0 Å². The minimum absolute atomic E-state index is 0.160. The van der Waals surface area contributed by atoms with E-state index < -0.39 is 18.1 Å². The van der Waals surface area contributed by atoms with Gasteiger partial charge in [-0.3, -0.25) is 0 Å². The Bertz CT molecular complexity index is 82.9. The first-order valence-electron chi connectivity index (χ1n) is 3.60. The van der Waals surface area contributed by atoms with Gasteiger partial charge in [-0.05, 0) is 13.3 Å². The molecule has 0 aliphatic heterocycles. The largest absolute Gasteiger partial charge is 0.396 e. The van der Waals surface area contributed by atoms with Gasteiger partial charge in [-0.1, -0.05) is 6.92 Å². The van der Waals surface area contributed by atoms with Crippen molar-refractivity contribution in [2.45, 2.75) is 32.5 Å². The third-order valence-electron chi connectivity index (χ3n) is 1.74. The van der Waals surface area contributed by atoms with Gasteiger partial charge in [-0.15, -0.1) is 0 Å². The van der Waals surface area contributed by atoms with Crippen LogP contribution in [0.1, 0.15) is 20.3 Å². The fraction of sp³-hybridized carbons (Fsp3) is 1.00. The number of hydrogen-bond acceptors (Lipinski definition) is 3. The molecule has 3 unspecified atom stereocenters.